The number of methoxy groups -OCH3 is 1. The van der Waals surface area contributed by atoms with Gasteiger partial charge in [-0.1, -0.05) is 26.2 Å². The van der Waals surface area contributed by atoms with Crippen molar-refractivity contribution in [3.8, 4) is 0 Å². The SMILES string of the molecule is CCCNC(CCCCC1CCOCC1)COC. The summed E-state index contributed by atoms with van der Waals surface area (Å²) < 4.78 is 10.7. The highest BCUT2D eigenvalue weighted by Crippen LogP contribution is 2.21. The van der Waals surface area contributed by atoms with Gasteiger partial charge in [0.2, 0.25) is 0 Å². The number of nitrogens with one attached hydrogen (secondary N) is 1. The van der Waals surface area contributed by atoms with Crippen LogP contribution in [-0.4, -0.2) is 39.5 Å². The molecule has 0 saturated carbocycles. The maximum Gasteiger partial charge on any atom is 0.0615 e. The lowest BCUT2D eigenvalue weighted by atomic mass is 9.93. The zero-order valence-corrected chi connectivity index (χ0v) is 12.2. The Bertz CT molecular complexity index is 181. The van der Waals surface area contributed by atoms with E-state index in [9.17, 15) is 0 Å². The van der Waals surface area contributed by atoms with E-state index in [0.717, 1.165) is 32.3 Å². The highest BCUT2D eigenvalue weighted by Gasteiger charge is 2.13. The molecule has 1 unspecified atom stereocenters. The Morgan fingerprint density at radius 2 is 2.06 bits per heavy atom. The Kier molecular flexibility index (Phi) is 9.54. The molecule has 1 rings (SSSR count). The lowest BCUT2D eigenvalue weighted by molar-refractivity contribution is 0.0629. The molecule has 0 aromatic carbocycles. The van der Waals surface area contributed by atoms with Gasteiger partial charge in [-0.2, -0.15) is 0 Å². The molecule has 0 aliphatic carbocycles. The van der Waals surface area contributed by atoms with Gasteiger partial charge in [-0.05, 0) is 38.1 Å². The summed E-state index contributed by atoms with van der Waals surface area (Å²) in [5, 5.41) is 3.56. The normalized spacial score (nSPS) is 19.0. The van der Waals surface area contributed by atoms with E-state index < -0.39 is 0 Å². The van der Waals surface area contributed by atoms with Crippen LogP contribution in [0.1, 0.15) is 51.9 Å². The summed E-state index contributed by atoms with van der Waals surface area (Å²) in [6.45, 7) is 6.12. The average Bonchev–Trinajstić information content (AvgIpc) is 2.42. The molecule has 1 aliphatic heterocycles. The van der Waals surface area contributed by atoms with Crippen LogP contribution in [0.15, 0.2) is 0 Å². The van der Waals surface area contributed by atoms with Gasteiger partial charge in [0, 0.05) is 26.4 Å². The van der Waals surface area contributed by atoms with Crippen LogP contribution in [0, 0.1) is 5.92 Å². The van der Waals surface area contributed by atoms with Crippen LogP contribution < -0.4 is 5.32 Å². The summed E-state index contributed by atoms with van der Waals surface area (Å²) in [5.74, 6) is 0.920. The van der Waals surface area contributed by atoms with Crippen molar-refractivity contribution >= 4 is 0 Å². The molecule has 108 valence electrons. The highest BCUT2D eigenvalue weighted by molar-refractivity contribution is 4.68. The molecular formula is C15H31NO2. The fourth-order valence-electron chi connectivity index (χ4n) is 2.65. The lowest BCUT2D eigenvalue weighted by Crippen LogP contribution is -2.33. The van der Waals surface area contributed by atoms with Crippen molar-refractivity contribution in [2.45, 2.75) is 57.9 Å². The number of hydrogen-bond acceptors (Lipinski definition) is 3. The van der Waals surface area contributed by atoms with Crippen molar-refractivity contribution in [2.24, 2.45) is 5.92 Å². The van der Waals surface area contributed by atoms with Crippen molar-refractivity contribution < 1.29 is 9.47 Å². The fourth-order valence-corrected chi connectivity index (χ4v) is 2.65. The van der Waals surface area contributed by atoms with Crippen molar-refractivity contribution in [1.29, 1.82) is 0 Å². The monoisotopic (exact) mass is 257 g/mol. The van der Waals surface area contributed by atoms with Gasteiger partial charge in [0.25, 0.3) is 0 Å². The van der Waals surface area contributed by atoms with Gasteiger partial charge in [0.15, 0.2) is 0 Å². The molecule has 1 aliphatic rings. The summed E-state index contributed by atoms with van der Waals surface area (Å²) in [5.41, 5.74) is 0. The molecule has 1 heterocycles. The molecule has 0 amide bonds. The molecule has 0 bridgehead atoms. The molecule has 0 spiro atoms. The van der Waals surface area contributed by atoms with Crippen LogP contribution in [0.5, 0.6) is 0 Å². The average molecular weight is 257 g/mol. The summed E-state index contributed by atoms with van der Waals surface area (Å²) >= 11 is 0. The van der Waals surface area contributed by atoms with Crippen LogP contribution in [0.25, 0.3) is 0 Å². The third-order valence-electron chi connectivity index (χ3n) is 3.81. The molecular weight excluding hydrogens is 226 g/mol. The molecule has 1 fully saturated rings. The van der Waals surface area contributed by atoms with Crippen LogP contribution in [0.4, 0.5) is 0 Å². The molecule has 1 atom stereocenters. The second kappa shape index (κ2) is 10.8. The Morgan fingerprint density at radius 1 is 1.28 bits per heavy atom. The molecule has 3 heteroatoms. The van der Waals surface area contributed by atoms with E-state index in [1.165, 1.54) is 44.9 Å². The van der Waals surface area contributed by atoms with E-state index in [-0.39, 0.29) is 0 Å². The number of unbranched alkanes of at least 4 members (excludes halogenated alkanes) is 1. The third-order valence-corrected chi connectivity index (χ3v) is 3.81. The predicted octanol–water partition coefficient (Wildman–Crippen LogP) is 2.99. The highest BCUT2D eigenvalue weighted by atomic mass is 16.5. The van der Waals surface area contributed by atoms with E-state index >= 15 is 0 Å². The van der Waals surface area contributed by atoms with Gasteiger partial charge in [0.1, 0.15) is 0 Å². The number of ether oxygens (including phenoxy) is 2. The van der Waals surface area contributed by atoms with E-state index in [2.05, 4.69) is 12.2 Å². The second-order valence-corrected chi connectivity index (χ2v) is 5.45. The van der Waals surface area contributed by atoms with Gasteiger partial charge in [0.05, 0.1) is 6.61 Å². The van der Waals surface area contributed by atoms with E-state index in [0.29, 0.717) is 6.04 Å². The Labute approximate surface area is 113 Å². The third kappa shape index (κ3) is 7.34. The molecule has 0 aromatic rings. The first-order valence-corrected chi connectivity index (χ1v) is 7.66. The summed E-state index contributed by atoms with van der Waals surface area (Å²) in [7, 11) is 1.79. The van der Waals surface area contributed by atoms with Crippen LogP contribution in [0.3, 0.4) is 0 Å². The largest absolute Gasteiger partial charge is 0.383 e. The standard InChI is InChI=1S/C15H31NO2/c1-3-10-16-15(13-17-2)7-5-4-6-14-8-11-18-12-9-14/h14-16H,3-13H2,1-2H3. The second-order valence-electron chi connectivity index (χ2n) is 5.45. The number of rotatable bonds is 10. The summed E-state index contributed by atoms with van der Waals surface area (Å²) in [4.78, 5) is 0. The van der Waals surface area contributed by atoms with Crippen molar-refractivity contribution in [3.63, 3.8) is 0 Å². The predicted molar refractivity (Wildman–Crippen MR) is 76.0 cm³/mol. The molecule has 1 N–H and O–H groups in total. The van der Waals surface area contributed by atoms with Crippen LogP contribution in [-0.2, 0) is 9.47 Å². The minimum Gasteiger partial charge on any atom is -0.383 e. The topological polar surface area (TPSA) is 30.5 Å². The molecule has 3 nitrogen and oxygen atoms in total. The summed E-state index contributed by atoms with van der Waals surface area (Å²) in [6, 6.07) is 0.546. The quantitative estimate of drug-likeness (QED) is 0.610. The molecule has 1 saturated heterocycles. The maximum atomic E-state index is 5.39. The Hall–Kier alpha value is -0.120. The van der Waals surface area contributed by atoms with Crippen molar-refractivity contribution in [1.82, 2.24) is 5.32 Å². The molecule has 18 heavy (non-hydrogen) atoms. The van der Waals surface area contributed by atoms with E-state index in [1.54, 1.807) is 7.11 Å². The van der Waals surface area contributed by atoms with Crippen LogP contribution >= 0.6 is 0 Å². The van der Waals surface area contributed by atoms with Crippen LogP contribution in [0.2, 0.25) is 0 Å². The maximum absolute atomic E-state index is 5.39. The first kappa shape index (κ1) is 15.9. The van der Waals surface area contributed by atoms with Gasteiger partial charge in [-0.3, -0.25) is 0 Å². The fraction of sp³-hybridized carbons (Fsp3) is 1.00. The molecule has 0 radical (unpaired) electrons. The first-order valence-electron chi connectivity index (χ1n) is 7.66. The first-order chi connectivity index (χ1) is 8.86. The van der Waals surface area contributed by atoms with Gasteiger partial charge < -0.3 is 14.8 Å². The molecule has 0 aromatic heterocycles. The van der Waals surface area contributed by atoms with E-state index in [1.807, 2.05) is 0 Å². The smallest absolute Gasteiger partial charge is 0.0615 e. The zero-order valence-electron chi connectivity index (χ0n) is 12.2. The van der Waals surface area contributed by atoms with Gasteiger partial charge in [-0.15, -0.1) is 0 Å². The van der Waals surface area contributed by atoms with Crippen molar-refractivity contribution in [2.75, 3.05) is 33.5 Å². The number of hydrogen-bond donors (Lipinski definition) is 1. The zero-order chi connectivity index (χ0) is 13.1. The minimum atomic E-state index is 0.546. The van der Waals surface area contributed by atoms with Crippen molar-refractivity contribution in [3.05, 3.63) is 0 Å². The minimum absolute atomic E-state index is 0.546. The lowest BCUT2D eigenvalue weighted by Gasteiger charge is -2.22. The summed E-state index contributed by atoms with van der Waals surface area (Å²) in [6.07, 6.45) is 9.06. The van der Waals surface area contributed by atoms with Gasteiger partial charge in [-0.25, -0.2) is 0 Å². The van der Waals surface area contributed by atoms with Gasteiger partial charge >= 0.3 is 0 Å². The van der Waals surface area contributed by atoms with E-state index in [4.69, 9.17) is 9.47 Å². The Balaban J connectivity index is 2.02. The Morgan fingerprint density at radius 3 is 2.72 bits per heavy atom.